The molecule has 0 fully saturated rings. The van der Waals surface area contributed by atoms with Crippen molar-refractivity contribution in [2.24, 2.45) is 0 Å². The molecule has 0 amide bonds. The number of hydrogen-bond donors (Lipinski definition) is 0. The predicted molar refractivity (Wildman–Crippen MR) is 95.9 cm³/mol. The van der Waals surface area contributed by atoms with Gasteiger partial charge < -0.3 is 4.74 Å². The predicted octanol–water partition coefficient (Wildman–Crippen LogP) is 5.53. The molecule has 1 aromatic rings. The van der Waals surface area contributed by atoms with Gasteiger partial charge in [0.1, 0.15) is 5.60 Å². The van der Waals surface area contributed by atoms with Gasteiger partial charge in [0.05, 0.1) is 0 Å². The second-order valence-electron chi connectivity index (χ2n) is 6.81. The maximum Gasteiger partial charge on any atom is 0.330 e. The van der Waals surface area contributed by atoms with Crippen molar-refractivity contribution in [3.8, 4) is 0 Å². The van der Waals surface area contributed by atoms with Gasteiger partial charge in [0, 0.05) is 6.08 Å². The van der Waals surface area contributed by atoms with E-state index in [0.29, 0.717) is 0 Å². The van der Waals surface area contributed by atoms with Gasteiger partial charge in [0.25, 0.3) is 0 Å². The van der Waals surface area contributed by atoms with E-state index in [9.17, 15) is 4.79 Å². The lowest BCUT2D eigenvalue weighted by molar-refractivity contribution is -0.150. The summed E-state index contributed by atoms with van der Waals surface area (Å²) < 4.78 is 4.98. The van der Waals surface area contributed by atoms with Gasteiger partial charge in [0.15, 0.2) is 0 Å². The Morgan fingerprint density at radius 3 is 1.91 bits per heavy atom. The fraction of sp³-hybridized carbons (Fsp3) is 0.450. The van der Waals surface area contributed by atoms with Gasteiger partial charge in [-0.3, -0.25) is 0 Å². The highest BCUT2D eigenvalue weighted by Crippen LogP contribution is 2.22. The second-order valence-corrected chi connectivity index (χ2v) is 6.81. The van der Waals surface area contributed by atoms with Crippen LogP contribution in [-0.2, 0) is 14.9 Å². The zero-order chi connectivity index (χ0) is 17.4. The van der Waals surface area contributed by atoms with Crippen LogP contribution >= 0.6 is 0 Å². The quantitative estimate of drug-likeness (QED) is 0.540. The first-order chi connectivity index (χ1) is 10.1. The van der Waals surface area contributed by atoms with E-state index in [4.69, 9.17) is 4.74 Å². The molecule has 0 N–H and O–H groups in total. The molecule has 0 saturated heterocycles. The second kappa shape index (κ2) is 8.57. The molecule has 1 rings (SSSR count). The molecule has 0 aliphatic rings. The summed E-state index contributed by atoms with van der Waals surface area (Å²) >= 11 is 0. The van der Waals surface area contributed by atoms with E-state index in [0.717, 1.165) is 6.42 Å². The van der Waals surface area contributed by atoms with Crippen LogP contribution in [0.4, 0.5) is 0 Å². The van der Waals surface area contributed by atoms with Crippen molar-refractivity contribution in [2.45, 2.75) is 59.0 Å². The number of hydrogen-bond acceptors (Lipinski definition) is 2. The zero-order valence-electron chi connectivity index (χ0n) is 14.9. The summed E-state index contributed by atoms with van der Waals surface area (Å²) in [6.07, 6.45) is 3.86. The molecule has 0 heterocycles. The molecule has 22 heavy (non-hydrogen) atoms. The molecular weight excluding hydrogens is 272 g/mol. The highest BCUT2D eigenvalue weighted by Gasteiger charge is 2.18. The number of carbonyl (C=O) groups is 1. The molecular formula is C20H30O2. The van der Waals surface area contributed by atoms with Crippen molar-refractivity contribution in [3.63, 3.8) is 0 Å². The molecule has 122 valence electrons. The third-order valence-electron chi connectivity index (χ3n) is 3.41. The lowest BCUT2D eigenvalue weighted by Gasteiger charge is -2.21. The molecule has 0 bridgehead atoms. The van der Waals surface area contributed by atoms with Gasteiger partial charge in [-0.25, -0.2) is 4.79 Å². The Balaban J connectivity index is 0.000000409. The first-order valence-corrected chi connectivity index (χ1v) is 7.64. The van der Waals surface area contributed by atoms with E-state index < -0.39 is 0 Å². The van der Waals surface area contributed by atoms with Crippen LogP contribution < -0.4 is 0 Å². The Labute approximate surface area is 135 Å². The third kappa shape index (κ3) is 7.82. The van der Waals surface area contributed by atoms with Crippen LogP contribution in [-0.4, -0.2) is 11.6 Å². The summed E-state index contributed by atoms with van der Waals surface area (Å²) in [6.45, 7) is 19.4. The Kier molecular flexibility index (Phi) is 7.86. The fourth-order valence-electron chi connectivity index (χ4n) is 1.51. The van der Waals surface area contributed by atoms with Gasteiger partial charge in [0.2, 0.25) is 0 Å². The average molecular weight is 302 g/mol. The standard InChI is InChI=1S/C12H16.C8H14O2/c1-5-10-6-8-11(9-7-10)12(2,3)4;1-5-7(9)10-8(3,4)6-2/h5-9H,1H2,2-4H3;5H,1,6H2,2-4H3. The third-order valence-corrected chi connectivity index (χ3v) is 3.41. The van der Waals surface area contributed by atoms with E-state index >= 15 is 0 Å². The lowest BCUT2D eigenvalue weighted by Crippen LogP contribution is -2.25. The first-order valence-electron chi connectivity index (χ1n) is 7.64. The van der Waals surface area contributed by atoms with Crippen molar-refractivity contribution >= 4 is 12.0 Å². The van der Waals surface area contributed by atoms with Gasteiger partial charge in [-0.1, -0.05) is 71.2 Å². The maximum absolute atomic E-state index is 10.6. The van der Waals surface area contributed by atoms with Crippen molar-refractivity contribution in [3.05, 3.63) is 54.6 Å². The summed E-state index contributed by atoms with van der Waals surface area (Å²) in [6, 6.07) is 8.54. The number of benzene rings is 1. The molecule has 1 aromatic carbocycles. The molecule has 2 nitrogen and oxygen atoms in total. The van der Waals surface area contributed by atoms with Crippen LogP contribution in [0.3, 0.4) is 0 Å². The van der Waals surface area contributed by atoms with Crippen molar-refractivity contribution in [1.29, 1.82) is 0 Å². The number of rotatable bonds is 4. The van der Waals surface area contributed by atoms with E-state index in [-0.39, 0.29) is 17.0 Å². The van der Waals surface area contributed by atoms with Crippen molar-refractivity contribution < 1.29 is 9.53 Å². The Morgan fingerprint density at radius 1 is 1.09 bits per heavy atom. The van der Waals surface area contributed by atoms with E-state index in [1.807, 2.05) is 26.8 Å². The summed E-state index contributed by atoms with van der Waals surface area (Å²) in [5.74, 6) is -0.355. The van der Waals surface area contributed by atoms with Crippen LogP contribution in [0, 0.1) is 0 Å². The molecule has 0 saturated carbocycles. The normalized spacial score (nSPS) is 11.0. The number of carbonyl (C=O) groups excluding carboxylic acids is 1. The minimum absolute atomic E-state index is 0.250. The number of ether oxygens (including phenoxy) is 1. The first kappa shape index (κ1) is 20.2. The minimum atomic E-state index is -0.356. The summed E-state index contributed by atoms with van der Waals surface area (Å²) in [5.41, 5.74) is 2.45. The van der Waals surface area contributed by atoms with E-state index in [2.05, 4.69) is 58.2 Å². The van der Waals surface area contributed by atoms with Crippen molar-refractivity contribution in [2.75, 3.05) is 0 Å². The smallest absolute Gasteiger partial charge is 0.330 e. The Morgan fingerprint density at radius 2 is 1.59 bits per heavy atom. The Bertz CT molecular complexity index is 487. The molecule has 0 aliphatic carbocycles. The largest absolute Gasteiger partial charge is 0.457 e. The lowest BCUT2D eigenvalue weighted by atomic mass is 9.87. The molecule has 0 aliphatic heterocycles. The summed E-state index contributed by atoms with van der Waals surface area (Å²) in [7, 11) is 0. The van der Waals surface area contributed by atoms with Gasteiger partial charge in [-0.2, -0.15) is 0 Å². The average Bonchev–Trinajstić information content (AvgIpc) is 2.46. The van der Waals surface area contributed by atoms with Crippen molar-refractivity contribution in [1.82, 2.24) is 0 Å². The zero-order valence-corrected chi connectivity index (χ0v) is 14.9. The van der Waals surface area contributed by atoms with Crippen LogP contribution in [0.25, 0.3) is 6.08 Å². The van der Waals surface area contributed by atoms with Gasteiger partial charge in [-0.05, 0) is 36.8 Å². The fourth-order valence-corrected chi connectivity index (χ4v) is 1.51. The van der Waals surface area contributed by atoms with Crippen LogP contribution in [0.2, 0.25) is 0 Å². The molecule has 0 spiro atoms. The summed E-state index contributed by atoms with van der Waals surface area (Å²) in [5, 5.41) is 0. The van der Waals surface area contributed by atoms with E-state index in [1.165, 1.54) is 17.2 Å². The highest BCUT2D eigenvalue weighted by molar-refractivity contribution is 5.81. The minimum Gasteiger partial charge on any atom is -0.457 e. The van der Waals surface area contributed by atoms with Gasteiger partial charge >= 0.3 is 5.97 Å². The topological polar surface area (TPSA) is 26.3 Å². The van der Waals surface area contributed by atoms with Crippen LogP contribution in [0.15, 0.2) is 43.5 Å². The Hall–Kier alpha value is -1.83. The molecule has 0 aromatic heterocycles. The monoisotopic (exact) mass is 302 g/mol. The maximum atomic E-state index is 10.6. The van der Waals surface area contributed by atoms with Crippen LogP contribution in [0.1, 0.15) is 59.1 Å². The molecule has 0 unspecified atom stereocenters. The molecule has 2 heteroatoms. The molecule has 0 radical (unpaired) electrons. The van der Waals surface area contributed by atoms with Crippen LogP contribution in [0.5, 0.6) is 0 Å². The highest BCUT2D eigenvalue weighted by atomic mass is 16.6. The summed E-state index contributed by atoms with van der Waals surface area (Å²) in [4.78, 5) is 10.6. The van der Waals surface area contributed by atoms with Gasteiger partial charge in [-0.15, -0.1) is 0 Å². The SMILES string of the molecule is C=CC(=O)OC(C)(C)CC.C=Cc1ccc(C(C)(C)C)cc1. The molecule has 0 atom stereocenters. The van der Waals surface area contributed by atoms with E-state index in [1.54, 1.807) is 0 Å². The number of esters is 1.